The van der Waals surface area contributed by atoms with Crippen LogP contribution >= 0.6 is 11.3 Å². The first-order chi connectivity index (χ1) is 27.2. The summed E-state index contributed by atoms with van der Waals surface area (Å²) in [6.07, 6.45) is 6.60. The van der Waals surface area contributed by atoms with E-state index in [-0.39, 0.29) is 5.41 Å². The summed E-state index contributed by atoms with van der Waals surface area (Å²) in [7, 11) is 0. The molecule has 2 fully saturated rings. The first-order valence-corrected chi connectivity index (χ1v) is 21.0. The van der Waals surface area contributed by atoms with Gasteiger partial charge in [-0.2, -0.15) is 0 Å². The highest BCUT2D eigenvalue weighted by atomic mass is 32.1. The molecule has 4 atom stereocenters. The minimum absolute atomic E-state index is 0.0307. The number of fused-ring (bicyclic) bond motifs is 8. The van der Waals surface area contributed by atoms with Gasteiger partial charge in [0.25, 0.3) is 0 Å². The van der Waals surface area contributed by atoms with E-state index in [2.05, 4.69) is 174 Å². The molecule has 3 heterocycles. The lowest BCUT2D eigenvalue weighted by atomic mass is 9.47. The van der Waals surface area contributed by atoms with E-state index >= 15 is 0 Å². The fourth-order valence-corrected chi connectivity index (χ4v) is 13.0. The van der Waals surface area contributed by atoms with Gasteiger partial charge in [0.1, 0.15) is 0 Å². The Kier molecular flexibility index (Phi) is 6.87. The molecule has 7 aromatic carbocycles. The number of para-hydroxylation sites is 3. The molecule has 2 saturated carbocycles. The highest BCUT2D eigenvalue weighted by Crippen LogP contribution is 2.64. The minimum Gasteiger partial charge on any atom is -0.310 e. The second-order valence-corrected chi connectivity index (χ2v) is 17.5. The molecule has 0 radical (unpaired) electrons. The van der Waals surface area contributed by atoms with Gasteiger partial charge in [0.05, 0.1) is 22.4 Å². The lowest BCUT2D eigenvalue weighted by molar-refractivity contribution is 0.0532. The largest absolute Gasteiger partial charge is 0.310 e. The van der Waals surface area contributed by atoms with Gasteiger partial charge in [0.2, 0.25) is 0 Å². The predicted molar refractivity (Wildman–Crippen MR) is 234 cm³/mol. The Morgan fingerprint density at radius 1 is 0.618 bits per heavy atom. The molecule has 3 aliphatic rings. The highest BCUT2D eigenvalue weighted by molar-refractivity contribution is 7.26. The molecule has 9 aromatic rings. The normalized spacial score (nSPS) is 21.4. The second kappa shape index (κ2) is 11.9. The van der Waals surface area contributed by atoms with E-state index in [9.17, 15) is 0 Å². The van der Waals surface area contributed by atoms with E-state index in [1.807, 2.05) is 11.3 Å². The maximum Gasteiger partial charge on any atom is 0.0603 e. The van der Waals surface area contributed by atoms with Crippen molar-refractivity contribution in [1.82, 2.24) is 4.57 Å². The Morgan fingerprint density at radius 2 is 1.33 bits per heavy atom. The molecule has 0 saturated heterocycles. The molecular weight excluding hydrogens is 685 g/mol. The number of anilines is 3. The molecule has 1 aliphatic heterocycles. The zero-order chi connectivity index (χ0) is 36.3. The molecule has 0 N–H and O–H groups in total. The lowest BCUT2D eigenvalue weighted by Crippen LogP contribution is -2.52. The third-order valence-corrected chi connectivity index (χ3v) is 14.9. The Balaban J connectivity index is 1.14. The summed E-state index contributed by atoms with van der Waals surface area (Å²) in [5.41, 5.74) is 13.3. The summed E-state index contributed by atoms with van der Waals surface area (Å²) >= 11 is 1.90. The Hall–Kier alpha value is -5.64. The van der Waals surface area contributed by atoms with Crippen molar-refractivity contribution in [1.29, 1.82) is 0 Å². The van der Waals surface area contributed by atoms with Gasteiger partial charge in [-0.1, -0.05) is 123 Å². The summed E-state index contributed by atoms with van der Waals surface area (Å²) in [4.78, 5) is 2.53. The third kappa shape index (κ3) is 4.36. The lowest BCUT2D eigenvalue weighted by Gasteiger charge is -2.57. The number of benzene rings is 7. The van der Waals surface area contributed by atoms with E-state index < -0.39 is 0 Å². The van der Waals surface area contributed by atoms with E-state index in [1.54, 1.807) is 11.1 Å². The third-order valence-electron chi connectivity index (χ3n) is 13.7. The molecule has 2 aliphatic carbocycles. The van der Waals surface area contributed by atoms with Crippen LogP contribution in [0, 0.1) is 17.8 Å². The van der Waals surface area contributed by atoms with Gasteiger partial charge in [0, 0.05) is 47.7 Å². The zero-order valence-corrected chi connectivity index (χ0v) is 31.9. The maximum atomic E-state index is 2.64. The Morgan fingerprint density at radius 3 is 2.20 bits per heavy atom. The first kappa shape index (κ1) is 31.7. The monoisotopic (exact) mass is 726 g/mol. The van der Waals surface area contributed by atoms with Crippen LogP contribution in [0.3, 0.4) is 0 Å². The molecular formula is C52H42N2S. The van der Waals surface area contributed by atoms with Gasteiger partial charge < -0.3 is 9.47 Å². The maximum absolute atomic E-state index is 2.64. The van der Waals surface area contributed by atoms with Gasteiger partial charge >= 0.3 is 0 Å². The fourth-order valence-electron chi connectivity index (χ4n) is 11.8. The number of nitrogens with zero attached hydrogens (tertiary/aromatic N) is 2. The van der Waals surface area contributed by atoms with Crippen LogP contribution in [0.15, 0.2) is 158 Å². The first-order valence-electron chi connectivity index (χ1n) is 20.2. The van der Waals surface area contributed by atoms with E-state index in [0.29, 0.717) is 11.8 Å². The number of thiophene rings is 1. The average molecular weight is 727 g/mol. The van der Waals surface area contributed by atoms with Crippen LogP contribution in [-0.2, 0) is 5.41 Å². The summed E-state index contributed by atoms with van der Waals surface area (Å²) in [5, 5.41) is 5.35. The van der Waals surface area contributed by atoms with Crippen molar-refractivity contribution in [2.24, 2.45) is 17.8 Å². The second-order valence-electron chi connectivity index (χ2n) is 16.5. The van der Waals surface area contributed by atoms with Crippen LogP contribution in [0.2, 0.25) is 0 Å². The van der Waals surface area contributed by atoms with Crippen LogP contribution in [0.5, 0.6) is 0 Å². The van der Waals surface area contributed by atoms with Gasteiger partial charge in [-0.25, -0.2) is 0 Å². The predicted octanol–water partition coefficient (Wildman–Crippen LogP) is 14.7. The summed E-state index contributed by atoms with van der Waals surface area (Å²) in [6, 6.07) is 59.6. The van der Waals surface area contributed by atoms with Crippen molar-refractivity contribution in [2.75, 3.05) is 4.90 Å². The Labute approximate surface area is 326 Å². The zero-order valence-electron chi connectivity index (χ0n) is 31.1. The molecule has 2 nitrogen and oxygen atoms in total. The topological polar surface area (TPSA) is 8.17 Å². The summed E-state index contributed by atoms with van der Waals surface area (Å²) in [5.74, 6) is 2.07. The van der Waals surface area contributed by atoms with Crippen LogP contribution < -0.4 is 4.90 Å². The molecule has 55 heavy (non-hydrogen) atoms. The van der Waals surface area contributed by atoms with Gasteiger partial charge in [-0.15, -0.1) is 11.3 Å². The fraction of sp³-hybridized carbons (Fsp3) is 0.192. The van der Waals surface area contributed by atoms with Crippen molar-refractivity contribution in [3.8, 4) is 16.8 Å². The van der Waals surface area contributed by atoms with Crippen molar-refractivity contribution >= 4 is 70.4 Å². The average Bonchev–Trinajstić information content (AvgIpc) is 3.78. The quantitative estimate of drug-likeness (QED) is 0.175. The van der Waals surface area contributed by atoms with Crippen LogP contribution in [-0.4, -0.2) is 4.57 Å². The number of aromatic nitrogens is 1. The van der Waals surface area contributed by atoms with Crippen LogP contribution in [0.25, 0.3) is 58.8 Å². The smallest absolute Gasteiger partial charge is 0.0603 e. The number of rotatable bonds is 4. The number of hydrogen-bond donors (Lipinski definition) is 0. The summed E-state index contributed by atoms with van der Waals surface area (Å²) in [6.45, 7) is 2.51. The van der Waals surface area contributed by atoms with Crippen molar-refractivity contribution in [3.05, 3.63) is 169 Å². The molecule has 266 valence electrons. The molecule has 3 heteroatoms. The van der Waals surface area contributed by atoms with Crippen LogP contribution in [0.4, 0.5) is 17.1 Å². The molecule has 2 aromatic heterocycles. The molecule has 12 rings (SSSR count). The molecule has 2 bridgehead atoms. The highest BCUT2D eigenvalue weighted by Gasteiger charge is 2.56. The van der Waals surface area contributed by atoms with E-state index in [0.717, 1.165) is 5.92 Å². The van der Waals surface area contributed by atoms with Gasteiger partial charge in [0.15, 0.2) is 0 Å². The van der Waals surface area contributed by atoms with Crippen LogP contribution in [0.1, 0.15) is 50.2 Å². The number of hydrogen-bond acceptors (Lipinski definition) is 2. The molecule has 0 amide bonds. The standard InChI is InChI=1S/C52H42N2S/c1-33-30-35-15-12-16-36(31-33)52(35)43-24-7-9-26-46(43)54-45-25-8-5-21-42(45)49-47(29-28-44(52)50(49)54)53(37-17-3-2-4-18-37)38-19-11-14-34(32-38)39-22-13-23-41-40-20-6-10-27-48(40)55-51(39)41/h2-11,13-14,17-29,32-33,35-36H,12,15-16,30-31H2,1H3/t33-,35-,36+,52?. The van der Waals surface area contributed by atoms with E-state index in [4.69, 9.17) is 0 Å². The van der Waals surface area contributed by atoms with Gasteiger partial charge in [-0.05, 0) is 114 Å². The summed E-state index contributed by atoms with van der Waals surface area (Å²) < 4.78 is 5.32. The van der Waals surface area contributed by atoms with Gasteiger partial charge in [-0.3, -0.25) is 0 Å². The molecule has 1 spiro atoms. The Bertz CT molecular complexity index is 2950. The SMILES string of the molecule is C[C@@H]1C[C@H]2CCC[C@@H](C1)C21c2ccccc2-n2c3ccccc3c3c(N(c4ccccc4)c4cccc(-c5cccc6c5sc5ccccc56)c4)ccc1c32. The van der Waals surface area contributed by atoms with E-state index in [1.165, 1.54) is 108 Å². The van der Waals surface area contributed by atoms with Crippen molar-refractivity contribution in [3.63, 3.8) is 0 Å². The van der Waals surface area contributed by atoms with Crippen molar-refractivity contribution < 1.29 is 0 Å². The molecule has 1 unspecified atom stereocenters. The minimum atomic E-state index is 0.0307. The van der Waals surface area contributed by atoms with Crippen molar-refractivity contribution in [2.45, 2.75) is 44.4 Å².